The number of Topliss-reactive ketones (excluding diaryl/α,β-unsaturated/α-hetero) is 1. The standard InChI is InChI=1S/C15H16BrN3OS/c1-4-7-19-11(3)17-18-15(19)21-9-14(20)12-5-6-13(16)10(2)8-12/h4-6,8H,1,7,9H2,2-3H3. The predicted octanol–water partition coefficient (Wildman–Crippen LogP) is 3.82. The summed E-state index contributed by atoms with van der Waals surface area (Å²) in [4.78, 5) is 12.2. The molecule has 0 fully saturated rings. The van der Waals surface area contributed by atoms with Crippen LogP contribution < -0.4 is 0 Å². The average Bonchev–Trinajstić information content (AvgIpc) is 2.81. The molecule has 0 amide bonds. The van der Waals surface area contributed by atoms with Gasteiger partial charge in [-0.25, -0.2) is 0 Å². The zero-order valence-corrected chi connectivity index (χ0v) is 14.4. The van der Waals surface area contributed by atoms with Crippen molar-refractivity contribution in [2.45, 2.75) is 25.5 Å². The van der Waals surface area contributed by atoms with Crippen LogP contribution in [0, 0.1) is 13.8 Å². The van der Waals surface area contributed by atoms with Crippen LogP contribution in [0.4, 0.5) is 0 Å². The van der Waals surface area contributed by atoms with Gasteiger partial charge < -0.3 is 4.57 Å². The molecular weight excluding hydrogens is 350 g/mol. The number of hydrogen-bond donors (Lipinski definition) is 0. The lowest BCUT2D eigenvalue weighted by Gasteiger charge is -2.06. The molecule has 2 aromatic rings. The summed E-state index contributed by atoms with van der Waals surface area (Å²) in [5.74, 6) is 1.25. The van der Waals surface area contributed by atoms with Crippen LogP contribution in [0.2, 0.25) is 0 Å². The van der Waals surface area contributed by atoms with Crippen LogP contribution in [0.3, 0.4) is 0 Å². The van der Waals surface area contributed by atoms with Crippen LogP contribution in [0.1, 0.15) is 21.7 Å². The Morgan fingerprint density at radius 3 is 2.86 bits per heavy atom. The van der Waals surface area contributed by atoms with E-state index in [9.17, 15) is 4.79 Å². The summed E-state index contributed by atoms with van der Waals surface area (Å²) in [7, 11) is 0. The van der Waals surface area contributed by atoms with Crippen molar-refractivity contribution >= 4 is 33.5 Å². The first-order valence-electron chi connectivity index (χ1n) is 6.45. The van der Waals surface area contributed by atoms with Crippen LogP contribution in [0.25, 0.3) is 0 Å². The number of benzene rings is 1. The minimum Gasteiger partial charge on any atom is -0.302 e. The van der Waals surface area contributed by atoms with Crippen LogP contribution >= 0.6 is 27.7 Å². The van der Waals surface area contributed by atoms with Crippen molar-refractivity contribution in [1.29, 1.82) is 0 Å². The second-order valence-corrected chi connectivity index (χ2v) is 6.40. The van der Waals surface area contributed by atoms with Crippen LogP contribution in [-0.2, 0) is 6.54 Å². The van der Waals surface area contributed by atoms with Gasteiger partial charge in [-0.15, -0.1) is 16.8 Å². The zero-order valence-electron chi connectivity index (χ0n) is 12.0. The van der Waals surface area contributed by atoms with Crippen LogP contribution in [0.15, 0.2) is 40.5 Å². The Kier molecular flexibility index (Phi) is 5.36. The molecule has 21 heavy (non-hydrogen) atoms. The SMILES string of the molecule is C=CCn1c(C)nnc1SCC(=O)c1ccc(Br)c(C)c1. The molecule has 0 N–H and O–H groups in total. The highest BCUT2D eigenvalue weighted by molar-refractivity contribution is 9.10. The molecule has 0 atom stereocenters. The first-order valence-corrected chi connectivity index (χ1v) is 8.23. The lowest BCUT2D eigenvalue weighted by molar-refractivity contribution is 0.102. The van der Waals surface area contributed by atoms with Crippen molar-refractivity contribution < 1.29 is 4.79 Å². The number of aryl methyl sites for hydroxylation is 2. The largest absolute Gasteiger partial charge is 0.302 e. The molecule has 2 rings (SSSR count). The molecule has 0 bridgehead atoms. The second kappa shape index (κ2) is 7.04. The lowest BCUT2D eigenvalue weighted by Crippen LogP contribution is -2.05. The summed E-state index contributed by atoms with van der Waals surface area (Å²) in [5, 5.41) is 8.88. The van der Waals surface area contributed by atoms with Crippen LogP contribution in [-0.4, -0.2) is 26.3 Å². The summed E-state index contributed by atoms with van der Waals surface area (Å²) < 4.78 is 2.95. The minimum atomic E-state index is 0.0846. The molecule has 0 unspecified atom stereocenters. The molecule has 0 radical (unpaired) electrons. The third kappa shape index (κ3) is 3.83. The number of carbonyl (C=O) groups excluding carboxylic acids is 1. The molecular formula is C15H16BrN3OS. The van der Waals surface area contributed by atoms with Gasteiger partial charge in [0, 0.05) is 16.6 Å². The fourth-order valence-electron chi connectivity index (χ4n) is 1.84. The third-order valence-electron chi connectivity index (χ3n) is 3.03. The first-order chi connectivity index (χ1) is 10.0. The number of nitrogens with zero attached hydrogens (tertiary/aromatic N) is 3. The molecule has 0 spiro atoms. The molecule has 1 aromatic carbocycles. The Labute approximate surface area is 136 Å². The van der Waals surface area contributed by atoms with E-state index in [1.807, 2.05) is 36.6 Å². The van der Waals surface area contributed by atoms with Gasteiger partial charge in [0.2, 0.25) is 0 Å². The Morgan fingerprint density at radius 2 is 2.19 bits per heavy atom. The maximum absolute atomic E-state index is 12.2. The summed E-state index contributed by atoms with van der Waals surface area (Å²) in [6.07, 6.45) is 1.79. The van der Waals surface area contributed by atoms with Gasteiger partial charge in [0.15, 0.2) is 10.9 Å². The van der Waals surface area contributed by atoms with E-state index in [1.165, 1.54) is 11.8 Å². The van der Waals surface area contributed by atoms with E-state index in [1.54, 1.807) is 6.08 Å². The number of carbonyl (C=O) groups is 1. The molecule has 0 aliphatic rings. The molecule has 1 heterocycles. The van der Waals surface area contributed by atoms with E-state index in [2.05, 4.69) is 32.7 Å². The molecule has 0 aliphatic carbocycles. The van der Waals surface area contributed by atoms with Crippen molar-refractivity contribution in [1.82, 2.24) is 14.8 Å². The Bertz CT molecular complexity index is 682. The number of hydrogen-bond acceptors (Lipinski definition) is 4. The number of thioether (sulfide) groups is 1. The molecule has 1 aromatic heterocycles. The third-order valence-corrected chi connectivity index (χ3v) is 4.88. The topological polar surface area (TPSA) is 47.8 Å². The zero-order chi connectivity index (χ0) is 15.4. The highest BCUT2D eigenvalue weighted by atomic mass is 79.9. The molecule has 0 aliphatic heterocycles. The minimum absolute atomic E-state index is 0.0846. The quantitative estimate of drug-likeness (QED) is 0.443. The molecule has 110 valence electrons. The van der Waals surface area contributed by atoms with E-state index in [0.29, 0.717) is 12.3 Å². The molecule has 6 heteroatoms. The van der Waals surface area contributed by atoms with E-state index in [-0.39, 0.29) is 5.78 Å². The van der Waals surface area contributed by atoms with Gasteiger partial charge in [-0.2, -0.15) is 0 Å². The Morgan fingerprint density at radius 1 is 1.43 bits per heavy atom. The summed E-state index contributed by atoms with van der Waals surface area (Å²) >= 11 is 4.84. The van der Waals surface area contributed by atoms with E-state index < -0.39 is 0 Å². The summed E-state index contributed by atoms with van der Waals surface area (Å²) in [6.45, 7) is 8.23. The van der Waals surface area contributed by atoms with E-state index in [0.717, 1.165) is 26.6 Å². The maximum Gasteiger partial charge on any atom is 0.191 e. The van der Waals surface area contributed by atoms with Gasteiger partial charge >= 0.3 is 0 Å². The fourth-order valence-corrected chi connectivity index (χ4v) is 2.97. The Hall–Kier alpha value is -1.40. The van der Waals surface area contributed by atoms with Crippen LogP contribution in [0.5, 0.6) is 0 Å². The van der Waals surface area contributed by atoms with E-state index in [4.69, 9.17) is 0 Å². The fraction of sp³-hybridized carbons (Fsp3) is 0.267. The van der Waals surface area contributed by atoms with Crippen molar-refractivity contribution in [3.05, 3.63) is 52.3 Å². The lowest BCUT2D eigenvalue weighted by atomic mass is 10.1. The monoisotopic (exact) mass is 365 g/mol. The van der Waals surface area contributed by atoms with Crippen molar-refractivity contribution in [3.63, 3.8) is 0 Å². The first kappa shape index (κ1) is 16.0. The van der Waals surface area contributed by atoms with Crippen molar-refractivity contribution in [2.75, 3.05) is 5.75 Å². The number of rotatable bonds is 6. The second-order valence-electron chi connectivity index (χ2n) is 4.60. The molecule has 0 saturated heterocycles. The smallest absolute Gasteiger partial charge is 0.191 e. The van der Waals surface area contributed by atoms with Gasteiger partial charge in [0.05, 0.1) is 5.75 Å². The van der Waals surface area contributed by atoms with Crippen molar-refractivity contribution in [2.24, 2.45) is 0 Å². The normalized spacial score (nSPS) is 10.6. The summed E-state index contributed by atoms with van der Waals surface area (Å²) in [5.41, 5.74) is 1.77. The van der Waals surface area contributed by atoms with Gasteiger partial charge in [-0.05, 0) is 31.5 Å². The summed E-state index contributed by atoms with van der Waals surface area (Å²) in [6, 6.07) is 5.63. The van der Waals surface area contributed by atoms with Gasteiger partial charge in [-0.1, -0.05) is 39.8 Å². The highest BCUT2D eigenvalue weighted by Crippen LogP contribution is 2.21. The number of halogens is 1. The van der Waals surface area contributed by atoms with Gasteiger partial charge in [-0.3, -0.25) is 4.79 Å². The maximum atomic E-state index is 12.2. The number of aromatic nitrogens is 3. The number of ketones is 1. The highest BCUT2D eigenvalue weighted by Gasteiger charge is 2.12. The predicted molar refractivity (Wildman–Crippen MR) is 88.9 cm³/mol. The molecule has 0 saturated carbocycles. The molecule has 4 nitrogen and oxygen atoms in total. The number of allylic oxidation sites excluding steroid dienone is 1. The Balaban J connectivity index is 2.07. The average molecular weight is 366 g/mol. The van der Waals surface area contributed by atoms with Crippen molar-refractivity contribution in [3.8, 4) is 0 Å². The van der Waals surface area contributed by atoms with Gasteiger partial charge in [0.25, 0.3) is 0 Å². The van der Waals surface area contributed by atoms with Gasteiger partial charge in [0.1, 0.15) is 5.82 Å². The van der Waals surface area contributed by atoms with E-state index >= 15 is 0 Å².